The molecule has 1 aromatic heterocycles. The van der Waals surface area contributed by atoms with Crippen LogP contribution in [0.5, 0.6) is 0 Å². The molecular formula is C11H13NO4. The van der Waals surface area contributed by atoms with Gasteiger partial charge in [-0.2, -0.15) is 0 Å². The number of hydrogen-bond acceptors (Lipinski definition) is 4. The van der Waals surface area contributed by atoms with Gasteiger partial charge in [-0.05, 0) is 18.9 Å². The number of rotatable bonds is 3. The van der Waals surface area contributed by atoms with Gasteiger partial charge in [0.1, 0.15) is 0 Å². The molecule has 1 N–H and O–H groups in total. The fourth-order valence-corrected chi connectivity index (χ4v) is 1.95. The highest BCUT2D eigenvalue weighted by Gasteiger charge is 2.26. The number of nitrogens with zero attached hydrogens (tertiary/aromatic N) is 1. The van der Waals surface area contributed by atoms with E-state index >= 15 is 0 Å². The molecule has 86 valence electrons. The zero-order valence-electron chi connectivity index (χ0n) is 8.76. The first-order chi connectivity index (χ1) is 7.70. The Morgan fingerprint density at radius 1 is 1.56 bits per heavy atom. The Hall–Kier alpha value is -1.78. The minimum Gasteiger partial charge on any atom is -0.481 e. The summed E-state index contributed by atoms with van der Waals surface area (Å²) in [5.74, 6) is -0.272. The molecule has 0 aliphatic carbocycles. The van der Waals surface area contributed by atoms with Crippen molar-refractivity contribution in [3.63, 3.8) is 0 Å². The summed E-state index contributed by atoms with van der Waals surface area (Å²) in [6.07, 6.45) is 2.17. The van der Waals surface area contributed by atoms with E-state index in [9.17, 15) is 9.59 Å². The van der Waals surface area contributed by atoms with Crippen molar-refractivity contribution in [2.45, 2.75) is 12.8 Å². The zero-order chi connectivity index (χ0) is 11.5. The number of hydrogen-bond donors (Lipinski definition) is 1. The molecule has 0 radical (unpaired) electrons. The number of carboxylic acids is 1. The SMILES string of the molecule is O=Cc1ccc(N2CCC[C@H](C(=O)O)C2)o1. The van der Waals surface area contributed by atoms with Crippen LogP contribution in [0.2, 0.25) is 0 Å². The van der Waals surface area contributed by atoms with Crippen molar-refractivity contribution in [2.75, 3.05) is 18.0 Å². The second-order valence-electron chi connectivity index (χ2n) is 3.92. The van der Waals surface area contributed by atoms with Crippen molar-refractivity contribution < 1.29 is 19.1 Å². The van der Waals surface area contributed by atoms with Crippen LogP contribution in [0, 0.1) is 5.92 Å². The minimum absolute atomic E-state index is 0.271. The van der Waals surface area contributed by atoms with E-state index in [2.05, 4.69) is 0 Å². The summed E-state index contributed by atoms with van der Waals surface area (Å²) in [6.45, 7) is 1.22. The van der Waals surface area contributed by atoms with Crippen molar-refractivity contribution in [3.05, 3.63) is 17.9 Å². The number of carbonyl (C=O) groups excluding carboxylic acids is 1. The van der Waals surface area contributed by atoms with E-state index in [1.807, 2.05) is 4.90 Å². The van der Waals surface area contributed by atoms with Gasteiger partial charge in [-0.3, -0.25) is 9.59 Å². The number of piperidine rings is 1. The summed E-state index contributed by atoms with van der Waals surface area (Å²) in [6, 6.07) is 3.29. The third-order valence-electron chi connectivity index (χ3n) is 2.81. The molecule has 2 rings (SSSR count). The summed E-state index contributed by atoms with van der Waals surface area (Å²) >= 11 is 0. The monoisotopic (exact) mass is 223 g/mol. The van der Waals surface area contributed by atoms with E-state index in [0.29, 0.717) is 25.1 Å². The summed E-state index contributed by atoms with van der Waals surface area (Å²) in [4.78, 5) is 23.2. The molecule has 1 saturated heterocycles. The molecule has 1 atom stereocenters. The molecule has 1 aliphatic heterocycles. The highest BCUT2D eigenvalue weighted by atomic mass is 16.4. The molecule has 0 unspecified atom stereocenters. The van der Waals surface area contributed by atoms with Crippen molar-refractivity contribution in [1.82, 2.24) is 0 Å². The number of carboxylic acid groups (broad SMARTS) is 1. The zero-order valence-corrected chi connectivity index (χ0v) is 8.76. The smallest absolute Gasteiger partial charge is 0.308 e. The largest absolute Gasteiger partial charge is 0.481 e. The Morgan fingerprint density at radius 3 is 3.00 bits per heavy atom. The van der Waals surface area contributed by atoms with Crippen molar-refractivity contribution >= 4 is 18.1 Å². The summed E-state index contributed by atoms with van der Waals surface area (Å²) < 4.78 is 5.27. The molecule has 0 bridgehead atoms. The molecule has 1 fully saturated rings. The van der Waals surface area contributed by atoms with Gasteiger partial charge in [0.25, 0.3) is 0 Å². The lowest BCUT2D eigenvalue weighted by atomic mass is 9.98. The topological polar surface area (TPSA) is 70.8 Å². The molecule has 0 saturated carbocycles. The first-order valence-electron chi connectivity index (χ1n) is 5.23. The molecule has 2 heterocycles. The molecule has 16 heavy (non-hydrogen) atoms. The van der Waals surface area contributed by atoms with Crippen LogP contribution >= 0.6 is 0 Å². The van der Waals surface area contributed by atoms with Gasteiger partial charge in [-0.25, -0.2) is 0 Å². The number of aldehydes is 1. The highest BCUT2D eigenvalue weighted by Crippen LogP contribution is 2.24. The third-order valence-corrected chi connectivity index (χ3v) is 2.81. The number of aliphatic carboxylic acids is 1. The Balaban J connectivity index is 2.09. The van der Waals surface area contributed by atoms with Crippen molar-refractivity contribution in [3.8, 4) is 0 Å². The van der Waals surface area contributed by atoms with Crippen LogP contribution < -0.4 is 4.90 Å². The Morgan fingerprint density at radius 2 is 2.38 bits per heavy atom. The highest BCUT2D eigenvalue weighted by molar-refractivity contribution is 5.72. The van der Waals surface area contributed by atoms with Gasteiger partial charge in [-0.1, -0.05) is 0 Å². The second kappa shape index (κ2) is 4.38. The minimum atomic E-state index is -0.771. The second-order valence-corrected chi connectivity index (χ2v) is 3.92. The number of furan rings is 1. The lowest BCUT2D eigenvalue weighted by Gasteiger charge is -2.30. The van der Waals surface area contributed by atoms with E-state index in [1.165, 1.54) is 0 Å². The van der Waals surface area contributed by atoms with Gasteiger partial charge in [0.2, 0.25) is 0 Å². The Kier molecular flexibility index (Phi) is 2.94. The van der Waals surface area contributed by atoms with Gasteiger partial charge >= 0.3 is 5.97 Å². The van der Waals surface area contributed by atoms with Crippen LogP contribution in [0.15, 0.2) is 16.5 Å². The Bertz CT molecular complexity index is 398. The summed E-state index contributed by atoms with van der Waals surface area (Å²) in [7, 11) is 0. The Labute approximate surface area is 92.7 Å². The molecule has 5 nitrogen and oxygen atoms in total. The van der Waals surface area contributed by atoms with Crippen LogP contribution in [-0.2, 0) is 4.79 Å². The number of anilines is 1. The summed E-state index contributed by atoms with van der Waals surface area (Å²) in [5.41, 5.74) is 0. The standard InChI is InChI=1S/C11H13NO4/c13-7-9-3-4-10(16-9)12-5-1-2-8(6-12)11(14)15/h3-4,7-8H,1-2,5-6H2,(H,14,15)/t8-/m0/s1. The maximum absolute atomic E-state index is 10.9. The van der Waals surface area contributed by atoms with E-state index in [0.717, 1.165) is 13.0 Å². The van der Waals surface area contributed by atoms with Gasteiger partial charge < -0.3 is 14.4 Å². The fraction of sp³-hybridized carbons (Fsp3) is 0.455. The quantitative estimate of drug-likeness (QED) is 0.784. The van der Waals surface area contributed by atoms with Crippen LogP contribution in [0.3, 0.4) is 0 Å². The first kappa shape index (κ1) is 10.7. The van der Waals surface area contributed by atoms with E-state index in [-0.39, 0.29) is 11.7 Å². The maximum Gasteiger partial charge on any atom is 0.308 e. The van der Waals surface area contributed by atoms with E-state index in [1.54, 1.807) is 12.1 Å². The predicted octanol–water partition coefficient (Wildman–Crippen LogP) is 1.39. The van der Waals surface area contributed by atoms with Crippen molar-refractivity contribution in [2.24, 2.45) is 5.92 Å². The molecule has 0 amide bonds. The molecular weight excluding hydrogens is 210 g/mol. The van der Waals surface area contributed by atoms with Crippen LogP contribution in [0.25, 0.3) is 0 Å². The van der Waals surface area contributed by atoms with Gasteiger partial charge in [-0.15, -0.1) is 0 Å². The van der Waals surface area contributed by atoms with E-state index < -0.39 is 5.97 Å². The normalized spacial score (nSPS) is 20.8. The first-order valence-corrected chi connectivity index (χ1v) is 5.23. The number of carbonyl (C=O) groups is 2. The average molecular weight is 223 g/mol. The summed E-state index contributed by atoms with van der Waals surface area (Å²) in [5, 5.41) is 8.94. The lowest BCUT2D eigenvalue weighted by molar-refractivity contribution is -0.141. The van der Waals surface area contributed by atoms with Crippen LogP contribution in [-0.4, -0.2) is 30.5 Å². The van der Waals surface area contributed by atoms with Gasteiger partial charge in [0.15, 0.2) is 17.9 Å². The predicted molar refractivity (Wildman–Crippen MR) is 56.7 cm³/mol. The van der Waals surface area contributed by atoms with Crippen LogP contribution in [0.4, 0.5) is 5.88 Å². The lowest BCUT2D eigenvalue weighted by Crippen LogP contribution is -2.38. The van der Waals surface area contributed by atoms with E-state index in [4.69, 9.17) is 9.52 Å². The average Bonchev–Trinajstić information content (AvgIpc) is 2.77. The fourth-order valence-electron chi connectivity index (χ4n) is 1.95. The maximum atomic E-state index is 10.9. The third kappa shape index (κ3) is 2.08. The molecule has 0 spiro atoms. The molecule has 0 aromatic carbocycles. The molecule has 1 aliphatic rings. The van der Waals surface area contributed by atoms with Crippen LogP contribution in [0.1, 0.15) is 23.4 Å². The van der Waals surface area contributed by atoms with Gasteiger partial charge in [0.05, 0.1) is 5.92 Å². The molecule has 5 heteroatoms. The van der Waals surface area contributed by atoms with Gasteiger partial charge in [0, 0.05) is 19.2 Å². The molecule has 1 aromatic rings. The van der Waals surface area contributed by atoms with Crippen molar-refractivity contribution in [1.29, 1.82) is 0 Å².